The van der Waals surface area contributed by atoms with Crippen molar-refractivity contribution in [3.8, 4) is 0 Å². The molecule has 3 rings (SSSR count). The first kappa shape index (κ1) is 14.2. The zero-order chi connectivity index (χ0) is 15.7. The second kappa shape index (κ2) is 5.57. The van der Waals surface area contributed by atoms with Crippen molar-refractivity contribution < 1.29 is 9.90 Å². The van der Waals surface area contributed by atoms with Crippen LogP contribution in [0.3, 0.4) is 0 Å². The maximum Gasteiger partial charge on any atom is 0.196 e. The Morgan fingerprint density at radius 3 is 2.91 bits per heavy atom. The number of aliphatic hydroxyl groups is 1. The Morgan fingerprint density at radius 2 is 2.18 bits per heavy atom. The molecule has 3 aromatic rings. The predicted octanol–water partition coefficient (Wildman–Crippen LogP) is 1.80. The number of carbonyl (C=O) groups excluding carboxylic acids is 1. The zero-order valence-electron chi connectivity index (χ0n) is 12.1. The van der Waals surface area contributed by atoms with Crippen molar-refractivity contribution in [2.75, 3.05) is 12.3 Å². The third-order valence-corrected chi connectivity index (χ3v) is 3.64. The van der Waals surface area contributed by atoms with Crippen molar-refractivity contribution in [1.82, 2.24) is 14.5 Å². The zero-order valence-corrected chi connectivity index (χ0v) is 12.1. The van der Waals surface area contributed by atoms with E-state index in [-0.39, 0.29) is 18.4 Å². The fourth-order valence-electron chi connectivity index (χ4n) is 2.47. The minimum Gasteiger partial charge on any atom is -0.397 e. The van der Waals surface area contributed by atoms with Gasteiger partial charge < -0.3 is 15.4 Å². The second-order valence-electron chi connectivity index (χ2n) is 5.21. The standard InChI is InChI=1S/C16H16N4O2/c1-10(9-21)20-8-14(13-7-18-3-2-15(13)20)16(22)11-4-12(17)6-19-5-11/h2-8,10,21H,9,17H2,1H3. The van der Waals surface area contributed by atoms with E-state index in [2.05, 4.69) is 9.97 Å². The van der Waals surface area contributed by atoms with Crippen LogP contribution in [-0.2, 0) is 0 Å². The number of hydrogen-bond acceptors (Lipinski definition) is 5. The van der Waals surface area contributed by atoms with Gasteiger partial charge in [-0.3, -0.25) is 14.8 Å². The minimum absolute atomic E-state index is 0.0143. The highest BCUT2D eigenvalue weighted by Crippen LogP contribution is 2.26. The van der Waals surface area contributed by atoms with Crippen molar-refractivity contribution in [1.29, 1.82) is 0 Å². The summed E-state index contributed by atoms with van der Waals surface area (Å²) in [5.74, 6) is -0.165. The van der Waals surface area contributed by atoms with Gasteiger partial charge in [-0.1, -0.05) is 0 Å². The maximum atomic E-state index is 12.7. The molecule has 0 bridgehead atoms. The molecule has 6 heteroatoms. The van der Waals surface area contributed by atoms with E-state index in [1.807, 2.05) is 17.6 Å². The van der Waals surface area contributed by atoms with Crippen molar-refractivity contribution in [2.45, 2.75) is 13.0 Å². The maximum absolute atomic E-state index is 12.7. The summed E-state index contributed by atoms with van der Waals surface area (Å²) < 4.78 is 1.88. The minimum atomic E-state index is -0.165. The van der Waals surface area contributed by atoms with Gasteiger partial charge in [0.05, 0.1) is 23.9 Å². The predicted molar refractivity (Wildman–Crippen MR) is 83.6 cm³/mol. The fraction of sp³-hybridized carbons (Fsp3) is 0.188. The number of nitrogens with two attached hydrogens (primary N) is 1. The van der Waals surface area contributed by atoms with Gasteiger partial charge in [0.2, 0.25) is 0 Å². The highest BCUT2D eigenvalue weighted by atomic mass is 16.3. The van der Waals surface area contributed by atoms with Crippen molar-refractivity contribution in [2.24, 2.45) is 0 Å². The van der Waals surface area contributed by atoms with Gasteiger partial charge >= 0.3 is 0 Å². The summed E-state index contributed by atoms with van der Waals surface area (Å²) >= 11 is 0. The van der Waals surface area contributed by atoms with Crippen molar-refractivity contribution >= 4 is 22.4 Å². The van der Waals surface area contributed by atoms with E-state index < -0.39 is 0 Å². The second-order valence-corrected chi connectivity index (χ2v) is 5.21. The molecule has 0 saturated carbocycles. The molecule has 0 aliphatic heterocycles. The first-order chi connectivity index (χ1) is 10.6. The van der Waals surface area contributed by atoms with Crippen LogP contribution < -0.4 is 5.73 Å². The number of fused-ring (bicyclic) bond motifs is 1. The Labute approximate surface area is 127 Å². The van der Waals surface area contributed by atoms with Gasteiger partial charge in [0.15, 0.2) is 5.78 Å². The molecule has 1 unspecified atom stereocenters. The van der Waals surface area contributed by atoms with Crippen LogP contribution in [0, 0.1) is 0 Å². The van der Waals surface area contributed by atoms with Gasteiger partial charge in [-0.2, -0.15) is 0 Å². The van der Waals surface area contributed by atoms with Gasteiger partial charge in [-0.05, 0) is 19.1 Å². The highest BCUT2D eigenvalue weighted by Gasteiger charge is 2.19. The normalized spacial score (nSPS) is 12.5. The number of ketones is 1. The average molecular weight is 296 g/mol. The third-order valence-electron chi connectivity index (χ3n) is 3.64. The molecule has 0 aliphatic carbocycles. The molecule has 0 aliphatic rings. The lowest BCUT2D eigenvalue weighted by atomic mass is 10.1. The number of carbonyl (C=O) groups is 1. The third kappa shape index (κ3) is 2.33. The smallest absolute Gasteiger partial charge is 0.196 e. The van der Waals surface area contributed by atoms with Crippen LogP contribution in [-0.4, -0.2) is 32.0 Å². The largest absolute Gasteiger partial charge is 0.397 e. The van der Waals surface area contributed by atoms with Crippen LogP contribution in [0.2, 0.25) is 0 Å². The van der Waals surface area contributed by atoms with Crippen molar-refractivity contribution in [3.05, 3.63) is 54.2 Å². The Morgan fingerprint density at radius 1 is 1.36 bits per heavy atom. The molecule has 3 aromatic heterocycles. The summed E-state index contributed by atoms with van der Waals surface area (Å²) in [6, 6.07) is 3.30. The number of nitrogen functional groups attached to an aromatic ring is 1. The van der Waals surface area contributed by atoms with Gasteiger partial charge in [0.1, 0.15) is 0 Å². The number of anilines is 1. The van der Waals surface area contributed by atoms with Gasteiger partial charge in [-0.15, -0.1) is 0 Å². The van der Waals surface area contributed by atoms with Gasteiger partial charge in [0, 0.05) is 47.5 Å². The Hall–Kier alpha value is -2.73. The number of pyridine rings is 2. The molecule has 3 N–H and O–H groups in total. The Kier molecular flexibility index (Phi) is 3.60. The summed E-state index contributed by atoms with van der Waals surface area (Å²) in [6.45, 7) is 1.87. The van der Waals surface area contributed by atoms with Crippen LogP contribution in [0.4, 0.5) is 5.69 Å². The molecule has 0 fully saturated rings. The summed E-state index contributed by atoms with van der Waals surface area (Å²) in [5.41, 5.74) is 7.95. The molecule has 0 amide bonds. The van der Waals surface area contributed by atoms with E-state index in [1.165, 1.54) is 12.4 Å². The van der Waals surface area contributed by atoms with Crippen LogP contribution in [0.25, 0.3) is 10.9 Å². The van der Waals surface area contributed by atoms with Crippen LogP contribution in [0.15, 0.2) is 43.1 Å². The molecule has 3 heterocycles. The SMILES string of the molecule is CC(CO)n1cc(C(=O)c2cncc(N)c2)c2cnccc21. The quantitative estimate of drug-likeness (QED) is 0.716. The van der Waals surface area contributed by atoms with E-state index >= 15 is 0 Å². The van der Waals surface area contributed by atoms with E-state index in [0.29, 0.717) is 16.8 Å². The molecule has 6 nitrogen and oxygen atoms in total. The number of aliphatic hydroxyl groups excluding tert-OH is 1. The molecule has 0 radical (unpaired) electrons. The van der Waals surface area contributed by atoms with E-state index in [4.69, 9.17) is 5.73 Å². The molecule has 22 heavy (non-hydrogen) atoms. The summed E-state index contributed by atoms with van der Waals surface area (Å²) in [6.07, 6.45) is 8.06. The lowest BCUT2D eigenvalue weighted by Gasteiger charge is -2.11. The van der Waals surface area contributed by atoms with E-state index in [1.54, 1.807) is 24.7 Å². The summed E-state index contributed by atoms with van der Waals surface area (Å²) in [4.78, 5) is 20.8. The molecule has 0 saturated heterocycles. The first-order valence-corrected chi connectivity index (χ1v) is 6.92. The lowest BCUT2D eigenvalue weighted by Crippen LogP contribution is -2.08. The molecular formula is C16H16N4O2. The molecule has 1 atom stereocenters. The lowest BCUT2D eigenvalue weighted by molar-refractivity contribution is 0.103. The van der Waals surface area contributed by atoms with Crippen LogP contribution in [0.1, 0.15) is 28.9 Å². The van der Waals surface area contributed by atoms with Gasteiger partial charge in [0.25, 0.3) is 0 Å². The average Bonchev–Trinajstić information content (AvgIpc) is 2.93. The number of aromatic nitrogens is 3. The first-order valence-electron chi connectivity index (χ1n) is 6.92. The van der Waals surface area contributed by atoms with Crippen LogP contribution >= 0.6 is 0 Å². The molecule has 0 spiro atoms. The topological polar surface area (TPSA) is 94.0 Å². The Balaban J connectivity index is 2.17. The fourth-order valence-corrected chi connectivity index (χ4v) is 2.47. The molecule has 112 valence electrons. The molecular weight excluding hydrogens is 280 g/mol. The summed E-state index contributed by atoms with van der Waals surface area (Å²) in [7, 11) is 0. The van der Waals surface area contributed by atoms with E-state index in [9.17, 15) is 9.90 Å². The number of nitrogens with zero attached hydrogens (tertiary/aromatic N) is 3. The highest BCUT2D eigenvalue weighted by molar-refractivity contribution is 6.16. The number of hydrogen-bond donors (Lipinski definition) is 2. The Bertz CT molecular complexity index is 841. The van der Waals surface area contributed by atoms with Crippen LogP contribution in [0.5, 0.6) is 0 Å². The van der Waals surface area contributed by atoms with E-state index in [0.717, 1.165) is 10.9 Å². The summed E-state index contributed by atoms with van der Waals surface area (Å²) in [5, 5.41) is 10.1. The monoisotopic (exact) mass is 296 g/mol. The van der Waals surface area contributed by atoms with Crippen molar-refractivity contribution in [3.63, 3.8) is 0 Å². The van der Waals surface area contributed by atoms with Gasteiger partial charge in [-0.25, -0.2) is 0 Å². The number of rotatable bonds is 4. The molecule has 0 aromatic carbocycles.